The van der Waals surface area contributed by atoms with Gasteiger partial charge in [0.15, 0.2) is 0 Å². The Morgan fingerprint density at radius 1 is 1.08 bits per heavy atom. The lowest BCUT2D eigenvalue weighted by molar-refractivity contribution is 0.0772. The van der Waals surface area contributed by atoms with Gasteiger partial charge in [-0.1, -0.05) is 59.2 Å². The summed E-state index contributed by atoms with van der Waals surface area (Å²) in [6, 6.07) is 8.52. The Morgan fingerprint density at radius 3 is 2.24 bits per heavy atom. The molecule has 7 heteroatoms. The van der Waals surface area contributed by atoms with Gasteiger partial charge in [0.25, 0.3) is 5.91 Å². The smallest absolute Gasteiger partial charge is 0.256 e. The Kier molecular flexibility index (Phi) is 8.00. The molecule has 1 aromatic heterocycles. The van der Waals surface area contributed by atoms with Crippen molar-refractivity contribution in [2.75, 3.05) is 44.6 Å². The second kappa shape index (κ2) is 10.6. The number of hydrogen-bond donors (Lipinski definition) is 1. The summed E-state index contributed by atoms with van der Waals surface area (Å²) in [5.41, 5.74) is 3.05. The van der Waals surface area contributed by atoms with Gasteiger partial charge in [0, 0.05) is 53.2 Å². The van der Waals surface area contributed by atoms with Gasteiger partial charge in [-0.15, -0.1) is 11.3 Å². The van der Waals surface area contributed by atoms with E-state index in [2.05, 4.69) is 63.9 Å². The third-order valence-electron chi connectivity index (χ3n) is 7.60. The lowest BCUT2D eigenvalue weighted by Gasteiger charge is -2.24. The lowest BCUT2D eigenvalue weighted by Crippen LogP contribution is -2.35. The van der Waals surface area contributed by atoms with Gasteiger partial charge < -0.3 is 15.1 Å². The Morgan fingerprint density at radius 2 is 1.70 bits per heavy atom. The van der Waals surface area contributed by atoms with Gasteiger partial charge >= 0.3 is 0 Å². The number of nitrogens with one attached hydrogen (secondary N) is 1. The average molecular weight is 541 g/mol. The van der Waals surface area contributed by atoms with E-state index in [0.717, 1.165) is 71.7 Å². The predicted octanol–water partition coefficient (Wildman–Crippen LogP) is 6.68. The number of benzene rings is 1. The molecule has 0 saturated carbocycles. The molecule has 4 rings (SSSR count). The number of carbonyl (C=O) groups excluding carboxylic acids is 1. The minimum atomic E-state index is -0.185. The number of rotatable bonds is 6. The molecule has 0 spiro atoms. The molecule has 37 heavy (non-hydrogen) atoms. The van der Waals surface area contributed by atoms with Gasteiger partial charge in [-0.2, -0.15) is 5.26 Å². The highest BCUT2D eigenvalue weighted by Crippen LogP contribution is 2.43. The summed E-state index contributed by atoms with van der Waals surface area (Å²) >= 11 is 7.89. The van der Waals surface area contributed by atoms with E-state index in [1.807, 2.05) is 24.0 Å². The van der Waals surface area contributed by atoms with Crippen LogP contribution < -0.4 is 5.32 Å². The van der Waals surface area contributed by atoms with Crippen LogP contribution >= 0.6 is 22.9 Å². The fourth-order valence-corrected chi connectivity index (χ4v) is 7.17. The minimum Gasteiger partial charge on any atom is -0.385 e. The molecule has 2 atom stereocenters. The van der Waals surface area contributed by atoms with Gasteiger partial charge in [0.05, 0.1) is 11.1 Å². The number of amides is 1. The van der Waals surface area contributed by atoms with E-state index in [1.54, 1.807) is 11.3 Å². The van der Waals surface area contributed by atoms with Crippen LogP contribution in [-0.4, -0.2) is 55.0 Å². The molecule has 2 aliphatic rings. The van der Waals surface area contributed by atoms with Crippen molar-refractivity contribution in [3.05, 3.63) is 49.7 Å². The number of nitrogens with zero attached hydrogens (tertiary/aromatic N) is 3. The van der Waals surface area contributed by atoms with Crippen LogP contribution in [0.2, 0.25) is 5.02 Å². The first-order valence-corrected chi connectivity index (χ1v) is 14.6. The van der Waals surface area contributed by atoms with Gasteiger partial charge in [-0.05, 0) is 60.3 Å². The Balaban J connectivity index is 1.36. The van der Waals surface area contributed by atoms with Crippen LogP contribution in [0.1, 0.15) is 79.2 Å². The zero-order valence-corrected chi connectivity index (χ0v) is 24.9. The summed E-state index contributed by atoms with van der Waals surface area (Å²) in [7, 11) is 0. The van der Waals surface area contributed by atoms with Crippen LogP contribution in [0.15, 0.2) is 18.2 Å². The standard InChI is InChI=1S/C30H41ClN4OS/c1-19-9-10-22(13-24(19)31)33-11-8-12-34-15-20-17-35(18-21(20)16-34)28(36)25-23(14-32)26(29(2,3)4)37-27(25)30(5,6)7/h9-10,13,20-21,33H,8,11-12,15-18H2,1-7H3. The maximum Gasteiger partial charge on any atom is 0.256 e. The van der Waals surface area contributed by atoms with E-state index >= 15 is 0 Å². The van der Waals surface area contributed by atoms with Crippen LogP contribution in [0, 0.1) is 30.1 Å². The van der Waals surface area contributed by atoms with E-state index in [0.29, 0.717) is 23.0 Å². The molecule has 5 nitrogen and oxygen atoms in total. The van der Waals surface area contributed by atoms with E-state index < -0.39 is 0 Å². The molecule has 2 unspecified atom stereocenters. The molecule has 2 aromatic rings. The van der Waals surface area contributed by atoms with Crippen molar-refractivity contribution >= 4 is 34.5 Å². The number of aryl methyl sites for hydroxylation is 1. The molecule has 200 valence electrons. The van der Waals surface area contributed by atoms with Gasteiger partial charge in [0.2, 0.25) is 0 Å². The van der Waals surface area contributed by atoms with Crippen molar-refractivity contribution in [1.29, 1.82) is 5.26 Å². The zero-order chi connectivity index (χ0) is 27.1. The summed E-state index contributed by atoms with van der Waals surface area (Å²) < 4.78 is 0. The fourth-order valence-electron chi connectivity index (χ4n) is 5.63. The molecule has 0 radical (unpaired) electrons. The molecule has 0 bridgehead atoms. The van der Waals surface area contributed by atoms with Crippen LogP contribution in [-0.2, 0) is 10.8 Å². The molecule has 2 aliphatic heterocycles. The maximum absolute atomic E-state index is 13.9. The number of nitriles is 1. The molecule has 2 fully saturated rings. The number of anilines is 1. The van der Waals surface area contributed by atoms with E-state index in [-0.39, 0.29) is 16.7 Å². The normalized spacial score (nSPS) is 20.2. The van der Waals surface area contributed by atoms with E-state index in [1.165, 1.54) is 0 Å². The van der Waals surface area contributed by atoms with Crippen molar-refractivity contribution in [3.8, 4) is 6.07 Å². The summed E-state index contributed by atoms with van der Waals surface area (Å²) in [4.78, 5) is 20.5. The van der Waals surface area contributed by atoms with Crippen molar-refractivity contribution < 1.29 is 4.79 Å². The highest BCUT2D eigenvalue weighted by molar-refractivity contribution is 7.13. The van der Waals surface area contributed by atoms with Gasteiger partial charge in [-0.25, -0.2) is 0 Å². The average Bonchev–Trinajstić information content (AvgIpc) is 3.49. The van der Waals surface area contributed by atoms with Crippen molar-refractivity contribution in [1.82, 2.24) is 9.80 Å². The minimum absolute atomic E-state index is 0.0510. The maximum atomic E-state index is 13.9. The highest BCUT2D eigenvalue weighted by Gasteiger charge is 2.43. The first-order chi connectivity index (χ1) is 17.3. The molecular weight excluding hydrogens is 500 g/mol. The number of likely N-dealkylation sites (tertiary alicyclic amines) is 2. The Labute approximate surface area is 231 Å². The number of fused-ring (bicyclic) bond motifs is 1. The number of thiophene rings is 1. The number of carbonyl (C=O) groups is 1. The van der Waals surface area contributed by atoms with Crippen molar-refractivity contribution in [2.45, 2.75) is 65.7 Å². The van der Waals surface area contributed by atoms with Crippen molar-refractivity contribution in [2.24, 2.45) is 11.8 Å². The van der Waals surface area contributed by atoms with Crippen LogP contribution in [0.5, 0.6) is 0 Å². The monoisotopic (exact) mass is 540 g/mol. The zero-order valence-electron chi connectivity index (χ0n) is 23.4. The lowest BCUT2D eigenvalue weighted by atomic mass is 9.86. The molecular formula is C30H41ClN4OS. The Hall–Kier alpha value is -2.07. The number of halogens is 1. The molecule has 1 N–H and O–H groups in total. The van der Waals surface area contributed by atoms with Gasteiger partial charge in [-0.3, -0.25) is 4.79 Å². The summed E-state index contributed by atoms with van der Waals surface area (Å²) in [5, 5.41) is 14.4. The van der Waals surface area contributed by atoms with Gasteiger partial charge in [0.1, 0.15) is 6.07 Å². The second-order valence-corrected chi connectivity index (χ2v) is 14.3. The first-order valence-electron chi connectivity index (χ1n) is 13.4. The van der Waals surface area contributed by atoms with Crippen LogP contribution in [0.25, 0.3) is 0 Å². The van der Waals surface area contributed by atoms with E-state index in [4.69, 9.17) is 11.6 Å². The quantitative estimate of drug-likeness (QED) is 0.415. The largest absolute Gasteiger partial charge is 0.385 e. The molecule has 2 saturated heterocycles. The highest BCUT2D eigenvalue weighted by atomic mass is 35.5. The van der Waals surface area contributed by atoms with Crippen molar-refractivity contribution in [3.63, 3.8) is 0 Å². The molecule has 0 aliphatic carbocycles. The SMILES string of the molecule is Cc1ccc(NCCCN2CC3CN(C(=O)c4c(C(C)(C)C)sc(C(C)(C)C)c4C#N)CC3C2)cc1Cl. The second-order valence-electron chi connectivity index (χ2n) is 12.9. The molecule has 1 amide bonds. The van der Waals surface area contributed by atoms with Crippen LogP contribution in [0.3, 0.4) is 0 Å². The molecule has 1 aromatic carbocycles. The predicted molar refractivity (Wildman–Crippen MR) is 155 cm³/mol. The number of hydrogen-bond acceptors (Lipinski definition) is 5. The third-order valence-corrected chi connectivity index (χ3v) is 10.0. The van der Waals surface area contributed by atoms with Crippen LogP contribution in [0.4, 0.5) is 5.69 Å². The Bertz CT molecular complexity index is 1190. The summed E-state index contributed by atoms with van der Waals surface area (Å²) in [6.07, 6.45) is 1.07. The first kappa shape index (κ1) is 28.0. The summed E-state index contributed by atoms with van der Waals surface area (Å²) in [5.74, 6) is 1.07. The fraction of sp³-hybridized carbons (Fsp3) is 0.600. The molecule has 3 heterocycles. The summed E-state index contributed by atoms with van der Waals surface area (Å²) in [6.45, 7) is 20.4. The third kappa shape index (κ3) is 6.00. The van der Waals surface area contributed by atoms with E-state index in [9.17, 15) is 10.1 Å². The topological polar surface area (TPSA) is 59.4 Å².